The van der Waals surface area contributed by atoms with Crippen LogP contribution in [-0.2, 0) is 10.8 Å². The Morgan fingerprint density at radius 1 is 0.168 bits per heavy atom. The third-order valence-electron chi connectivity index (χ3n) is 21.9. The first-order valence-electron chi connectivity index (χ1n) is 34.8. The largest absolute Gasteiger partial charge is 0.311 e. The van der Waals surface area contributed by atoms with Gasteiger partial charge in [0.1, 0.15) is 0 Å². The lowest BCUT2D eigenvalue weighted by Crippen LogP contribution is -2.25. The maximum absolute atomic E-state index is 5.47. The van der Waals surface area contributed by atoms with Crippen molar-refractivity contribution in [2.75, 3.05) is 4.90 Å². The molecule has 0 amide bonds. The average Bonchev–Trinajstić information content (AvgIpc) is 1.52. The summed E-state index contributed by atoms with van der Waals surface area (Å²) in [6, 6.07) is 130. The molecule has 0 unspecified atom stereocenters. The molecule has 0 bridgehead atoms. The zero-order valence-electron chi connectivity index (χ0n) is 54.8. The van der Waals surface area contributed by atoms with Crippen LogP contribution in [0.25, 0.3) is 134 Å². The summed E-state index contributed by atoms with van der Waals surface area (Å²) in [4.78, 5) is 24.1. The number of benzene rings is 15. The third-order valence-corrected chi connectivity index (χ3v) is 21.9. The molecule has 21 rings (SSSR count). The lowest BCUT2D eigenvalue weighted by atomic mass is 9.70. The Bertz CT molecular complexity index is 5760. The van der Waals surface area contributed by atoms with Gasteiger partial charge in [-0.05, 0) is 184 Å². The van der Waals surface area contributed by atoms with Crippen molar-refractivity contribution >= 4 is 39.1 Å². The summed E-state index contributed by atoms with van der Waals surface area (Å²) in [7, 11) is 0. The van der Waals surface area contributed by atoms with E-state index in [4.69, 9.17) is 19.9 Å². The molecule has 4 aliphatic rings. The van der Waals surface area contributed by atoms with Crippen LogP contribution in [0.15, 0.2) is 358 Å². The highest BCUT2D eigenvalue weighted by molar-refractivity contribution is 6.00. The van der Waals surface area contributed by atoms with Crippen molar-refractivity contribution in [3.63, 3.8) is 0 Å². The van der Waals surface area contributed by atoms with Gasteiger partial charge < -0.3 is 4.90 Å². The molecule has 2 heterocycles. The molecule has 0 atom stereocenters. The van der Waals surface area contributed by atoms with Gasteiger partial charge >= 0.3 is 0 Å². The zero-order valence-corrected chi connectivity index (χ0v) is 54.8. The second kappa shape index (κ2) is 22.2. The summed E-state index contributed by atoms with van der Waals surface area (Å²) >= 11 is 0. The number of hydrogen-bond donors (Lipinski definition) is 0. The topological polar surface area (TPSA) is 54.8 Å². The van der Waals surface area contributed by atoms with Crippen LogP contribution < -0.4 is 4.90 Å². The molecule has 0 saturated carbocycles. The fourth-order valence-electron chi connectivity index (χ4n) is 17.6. The average molecular weight is 1280 g/mol. The first-order valence-corrected chi connectivity index (χ1v) is 34.8. The molecule has 5 heteroatoms. The number of fused-ring (bicyclic) bond motifs is 22. The smallest absolute Gasteiger partial charge is 0.0973 e. The minimum atomic E-state index is -0.470. The van der Waals surface area contributed by atoms with Gasteiger partial charge in [-0.3, -0.25) is 0 Å². The molecule has 0 N–H and O–H groups in total. The van der Waals surface area contributed by atoms with Crippen LogP contribution in [0.5, 0.6) is 0 Å². The Morgan fingerprint density at radius 3 is 0.693 bits per heavy atom. The van der Waals surface area contributed by atoms with E-state index in [-0.39, 0.29) is 0 Å². The third kappa shape index (κ3) is 8.38. The molecule has 5 nitrogen and oxygen atoms in total. The van der Waals surface area contributed by atoms with Gasteiger partial charge in [-0.1, -0.05) is 285 Å². The van der Waals surface area contributed by atoms with Crippen molar-refractivity contribution in [1.29, 1.82) is 0 Å². The summed E-state index contributed by atoms with van der Waals surface area (Å²) in [6.45, 7) is 0. The van der Waals surface area contributed by atoms with E-state index in [9.17, 15) is 0 Å². The zero-order chi connectivity index (χ0) is 66.3. The summed E-state index contributed by atoms with van der Waals surface area (Å²) in [6.07, 6.45) is 0. The molecule has 17 aromatic rings. The first kappa shape index (κ1) is 56.9. The van der Waals surface area contributed by atoms with Gasteiger partial charge in [0, 0.05) is 39.3 Å². The molecule has 468 valence electrons. The van der Waals surface area contributed by atoms with Gasteiger partial charge in [0.05, 0.1) is 55.7 Å². The van der Waals surface area contributed by atoms with E-state index in [0.717, 1.165) is 106 Å². The van der Waals surface area contributed by atoms with Crippen molar-refractivity contribution in [3.8, 4) is 112 Å². The van der Waals surface area contributed by atoms with Crippen LogP contribution in [0, 0.1) is 0 Å². The minimum absolute atomic E-state index is 0.470. The molecule has 4 aliphatic carbocycles. The summed E-state index contributed by atoms with van der Waals surface area (Å²) in [5.74, 6) is 0. The molecule has 0 aliphatic heterocycles. The van der Waals surface area contributed by atoms with E-state index < -0.39 is 10.8 Å². The molecule has 0 saturated heterocycles. The van der Waals surface area contributed by atoms with Crippen LogP contribution in [0.2, 0.25) is 0 Å². The van der Waals surface area contributed by atoms with E-state index in [1.807, 2.05) is 24.3 Å². The van der Waals surface area contributed by atoms with Crippen LogP contribution in [0.1, 0.15) is 44.5 Å². The van der Waals surface area contributed by atoms with E-state index in [0.29, 0.717) is 0 Å². The number of anilines is 3. The van der Waals surface area contributed by atoms with Crippen molar-refractivity contribution in [3.05, 3.63) is 402 Å². The lowest BCUT2D eigenvalue weighted by molar-refractivity contribution is 0.794. The monoisotopic (exact) mass is 1280 g/mol. The quantitative estimate of drug-likeness (QED) is 0.144. The second-order valence-electron chi connectivity index (χ2n) is 27.0. The molecule has 101 heavy (non-hydrogen) atoms. The van der Waals surface area contributed by atoms with Gasteiger partial charge in [0.25, 0.3) is 0 Å². The van der Waals surface area contributed by atoms with Crippen LogP contribution >= 0.6 is 0 Å². The lowest BCUT2D eigenvalue weighted by Gasteiger charge is -2.30. The number of hydrogen-bond acceptors (Lipinski definition) is 5. The normalized spacial score (nSPS) is 13.3. The molecule has 2 spiro atoms. The Balaban J connectivity index is 0.588. The fraction of sp³-hybridized carbons (Fsp3) is 0.0208. The van der Waals surface area contributed by atoms with E-state index >= 15 is 0 Å². The Kier molecular flexibility index (Phi) is 12.5. The van der Waals surface area contributed by atoms with Crippen molar-refractivity contribution in [1.82, 2.24) is 19.9 Å². The molecule has 0 fully saturated rings. The minimum Gasteiger partial charge on any atom is -0.311 e. The summed E-state index contributed by atoms with van der Waals surface area (Å²) in [5.41, 5.74) is 38.3. The number of aromatic nitrogens is 4. The molecule has 15 aromatic carbocycles. The number of para-hydroxylation sites is 5. The summed E-state index contributed by atoms with van der Waals surface area (Å²) < 4.78 is 0. The van der Waals surface area contributed by atoms with Crippen molar-refractivity contribution < 1.29 is 0 Å². The van der Waals surface area contributed by atoms with Crippen LogP contribution in [-0.4, -0.2) is 19.9 Å². The van der Waals surface area contributed by atoms with Crippen LogP contribution in [0.3, 0.4) is 0 Å². The molecule has 2 aromatic heterocycles. The maximum atomic E-state index is 5.47. The Labute approximate surface area is 585 Å². The van der Waals surface area contributed by atoms with Gasteiger partial charge in [0.2, 0.25) is 0 Å². The van der Waals surface area contributed by atoms with Crippen LogP contribution in [0.4, 0.5) is 17.1 Å². The van der Waals surface area contributed by atoms with E-state index in [1.54, 1.807) is 0 Å². The van der Waals surface area contributed by atoms with Crippen molar-refractivity contribution in [2.24, 2.45) is 0 Å². The Morgan fingerprint density at radius 2 is 0.386 bits per heavy atom. The van der Waals surface area contributed by atoms with E-state index in [1.165, 1.54) is 89.0 Å². The predicted octanol–water partition coefficient (Wildman–Crippen LogP) is 23.7. The first-order chi connectivity index (χ1) is 50.1. The van der Waals surface area contributed by atoms with Gasteiger partial charge in [-0.2, -0.15) is 0 Å². The Hall–Kier alpha value is -13.2. The van der Waals surface area contributed by atoms with Gasteiger partial charge in [-0.15, -0.1) is 0 Å². The number of nitrogens with zero attached hydrogens (tertiary/aromatic N) is 5. The van der Waals surface area contributed by atoms with E-state index in [2.05, 4.69) is 339 Å². The SMILES string of the molecule is c1ccc(N(c2ccc(-c3ccc(-c4nc5ccccc5nc4-c4ccc5c(c4)C4(c6ccccc6-c6ccccc64)c4ccccc4-5)cc3)cc2)c2ccc(-c3ccc(-c4nc5ccccc5nc4-c4ccc5c(c4)C4(c6ccccc6-c6ccccc64)c4ccccc4-5)cc3)cc2)cc1. The fourth-order valence-corrected chi connectivity index (χ4v) is 17.6. The predicted molar refractivity (Wildman–Crippen MR) is 413 cm³/mol. The maximum Gasteiger partial charge on any atom is 0.0973 e. The number of rotatable bonds is 9. The molecular weight excluding hydrogens is 1220 g/mol. The highest BCUT2D eigenvalue weighted by atomic mass is 15.1. The molecule has 0 radical (unpaired) electrons. The van der Waals surface area contributed by atoms with Gasteiger partial charge in [-0.25, -0.2) is 19.9 Å². The second-order valence-corrected chi connectivity index (χ2v) is 27.0. The summed E-state index contributed by atoms with van der Waals surface area (Å²) in [5, 5.41) is 0. The highest BCUT2D eigenvalue weighted by Gasteiger charge is 2.53. The highest BCUT2D eigenvalue weighted by Crippen LogP contribution is 2.65. The molecular formula is C96H59N5. The standard InChI is InChI=1S/C96H59N5/c1-2-20-68(21-3-1)101(69-52-46-62(47-53-69)60-38-42-64(43-39-60)91-93(99-89-36-18-16-34-87(89)97-91)66-50-56-77-75-26-8-14-32-83(75)95(85(77)58-66)79-28-10-4-22-71(79)72-23-5-11-29-80(72)95)70-54-48-63(49-55-70)61-40-44-65(45-41-61)92-94(100-90-37-19-17-35-88(90)98-92)67-51-57-78-76-27-9-15-33-84(76)96(86(78)59-67)81-30-12-6-24-73(81)74-25-7-13-31-82(74)96/h1-59H. The van der Waals surface area contributed by atoms with Gasteiger partial charge in [0.15, 0.2) is 0 Å². The van der Waals surface area contributed by atoms with Crippen molar-refractivity contribution in [2.45, 2.75) is 10.8 Å².